The molecule has 0 saturated carbocycles. The Morgan fingerprint density at radius 1 is 1.25 bits per heavy atom. The number of nitrogens with one attached hydrogen (secondary N) is 1. The first-order chi connectivity index (χ1) is 15.4. The number of hydrogen-bond donors (Lipinski definition) is 1. The highest BCUT2D eigenvalue weighted by Gasteiger charge is 2.32. The number of thioether (sulfide) groups is 1. The summed E-state index contributed by atoms with van der Waals surface area (Å²) in [6.07, 6.45) is 2.37. The van der Waals surface area contributed by atoms with Gasteiger partial charge in [-0.25, -0.2) is 8.42 Å². The standard InChI is InChI=1S/C20H27N5O4S3/c1-15(30-20-23-22-19(31-20)21-14-16-6-5-13-29-16)18(26)24-9-11-25(12-10-24)32(27,28)17-7-3-2-4-8-17/h2-4,7-8,15-16H,5-6,9-14H2,1H3,(H,21,22). The van der Waals surface area contributed by atoms with Crippen LogP contribution in [0.3, 0.4) is 0 Å². The lowest BCUT2D eigenvalue weighted by atomic mass is 10.2. The number of ether oxygens (including phenoxy) is 1. The number of carbonyl (C=O) groups is 1. The maximum absolute atomic E-state index is 12.9. The first kappa shape index (κ1) is 23.4. The van der Waals surface area contributed by atoms with Crippen molar-refractivity contribution in [2.45, 2.75) is 40.4 Å². The van der Waals surface area contributed by atoms with E-state index in [0.29, 0.717) is 19.6 Å². The molecule has 1 amide bonds. The lowest BCUT2D eigenvalue weighted by Crippen LogP contribution is -2.52. The quantitative estimate of drug-likeness (QED) is 0.553. The molecule has 1 aromatic carbocycles. The third-order valence-electron chi connectivity index (χ3n) is 5.47. The number of nitrogens with zero attached hydrogens (tertiary/aromatic N) is 4. The van der Waals surface area contributed by atoms with Gasteiger partial charge in [-0.15, -0.1) is 10.2 Å². The van der Waals surface area contributed by atoms with Crippen LogP contribution < -0.4 is 5.32 Å². The van der Waals surface area contributed by atoms with E-state index in [1.54, 1.807) is 35.2 Å². The molecule has 32 heavy (non-hydrogen) atoms. The van der Waals surface area contributed by atoms with Crippen molar-refractivity contribution in [2.24, 2.45) is 0 Å². The molecule has 3 heterocycles. The Balaban J connectivity index is 1.26. The number of benzene rings is 1. The van der Waals surface area contributed by atoms with E-state index in [4.69, 9.17) is 4.74 Å². The maximum Gasteiger partial charge on any atom is 0.243 e. The van der Waals surface area contributed by atoms with Gasteiger partial charge in [0, 0.05) is 39.3 Å². The SMILES string of the molecule is CC(Sc1nnc(NCC2CCCO2)s1)C(=O)N1CCN(S(=O)(=O)c2ccccc2)CC1. The van der Waals surface area contributed by atoms with E-state index in [1.807, 2.05) is 6.92 Å². The summed E-state index contributed by atoms with van der Waals surface area (Å²) in [4.78, 5) is 14.9. The summed E-state index contributed by atoms with van der Waals surface area (Å²) in [7, 11) is -3.53. The molecule has 12 heteroatoms. The van der Waals surface area contributed by atoms with Gasteiger partial charge in [0.15, 0.2) is 4.34 Å². The lowest BCUT2D eigenvalue weighted by molar-refractivity contribution is -0.131. The summed E-state index contributed by atoms with van der Waals surface area (Å²) in [5, 5.41) is 12.0. The Morgan fingerprint density at radius 3 is 2.69 bits per heavy atom. The first-order valence-corrected chi connectivity index (χ1v) is 13.8. The molecular formula is C20H27N5O4S3. The average molecular weight is 498 g/mol. The molecule has 2 atom stereocenters. The van der Waals surface area contributed by atoms with Gasteiger partial charge in [-0.3, -0.25) is 4.79 Å². The smallest absolute Gasteiger partial charge is 0.243 e. The highest BCUT2D eigenvalue weighted by atomic mass is 32.2. The molecular weight excluding hydrogens is 470 g/mol. The third-order valence-corrected chi connectivity index (χ3v) is 9.43. The lowest BCUT2D eigenvalue weighted by Gasteiger charge is -2.35. The van der Waals surface area contributed by atoms with Gasteiger partial charge in [0.05, 0.1) is 16.2 Å². The van der Waals surface area contributed by atoms with Crippen LogP contribution in [-0.2, 0) is 19.6 Å². The number of rotatable bonds is 8. The fourth-order valence-corrected chi connectivity index (χ4v) is 7.11. The minimum absolute atomic E-state index is 0.0178. The zero-order valence-corrected chi connectivity index (χ0v) is 20.3. The molecule has 2 fully saturated rings. The summed E-state index contributed by atoms with van der Waals surface area (Å²) < 4.78 is 33.3. The Hall–Kier alpha value is -1.73. The first-order valence-electron chi connectivity index (χ1n) is 10.6. The van der Waals surface area contributed by atoms with Crippen molar-refractivity contribution < 1.29 is 17.9 Å². The fourth-order valence-electron chi connectivity index (χ4n) is 3.68. The van der Waals surface area contributed by atoms with Gasteiger partial charge in [-0.1, -0.05) is 41.3 Å². The second-order valence-corrected chi connectivity index (χ2v) is 12.2. The number of hydrogen-bond acceptors (Lipinski definition) is 9. The van der Waals surface area contributed by atoms with Crippen LogP contribution in [0.1, 0.15) is 19.8 Å². The number of sulfonamides is 1. The summed E-state index contributed by atoms with van der Waals surface area (Å²) in [5.41, 5.74) is 0. The van der Waals surface area contributed by atoms with Crippen LogP contribution in [0.2, 0.25) is 0 Å². The van der Waals surface area contributed by atoms with Gasteiger partial charge in [0.1, 0.15) is 0 Å². The normalized spacial score (nSPS) is 20.9. The zero-order chi connectivity index (χ0) is 22.6. The van der Waals surface area contributed by atoms with Gasteiger partial charge in [0.2, 0.25) is 21.1 Å². The van der Waals surface area contributed by atoms with Gasteiger partial charge in [-0.05, 0) is 31.9 Å². The molecule has 1 aromatic heterocycles. The van der Waals surface area contributed by atoms with Gasteiger partial charge in [-0.2, -0.15) is 4.31 Å². The Kier molecular flexibility index (Phi) is 7.66. The van der Waals surface area contributed by atoms with Crippen molar-refractivity contribution in [2.75, 3.05) is 44.6 Å². The highest BCUT2D eigenvalue weighted by molar-refractivity contribution is 8.02. The van der Waals surface area contributed by atoms with Crippen LogP contribution >= 0.6 is 23.1 Å². The number of piperazine rings is 1. The van der Waals surface area contributed by atoms with E-state index in [9.17, 15) is 13.2 Å². The van der Waals surface area contributed by atoms with Crippen LogP contribution in [-0.4, -0.2) is 84.4 Å². The van der Waals surface area contributed by atoms with Crippen molar-refractivity contribution in [1.82, 2.24) is 19.4 Å². The molecule has 2 saturated heterocycles. The number of amides is 1. The Bertz CT molecular complexity index is 1000. The minimum Gasteiger partial charge on any atom is -0.376 e. The van der Waals surface area contributed by atoms with Crippen molar-refractivity contribution >= 4 is 44.2 Å². The van der Waals surface area contributed by atoms with Crippen LogP contribution in [0, 0.1) is 0 Å². The summed E-state index contributed by atoms with van der Waals surface area (Å²) in [6, 6.07) is 8.40. The summed E-state index contributed by atoms with van der Waals surface area (Å²) in [6.45, 7) is 4.70. The van der Waals surface area contributed by atoms with Gasteiger partial charge >= 0.3 is 0 Å². The van der Waals surface area contributed by atoms with Crippen molar-refractivity contribution in [3.05, 3.63) is 30.3 Å². The number of anilines is 1. The van der Waals surface area contributed by atoms with E-state index in [-0.39, 0.29) is 35.2 Å². The molecule has 4 rings (SSSR count). The Labute approximate surface area is 196 Å². The molecule has 0 radical (unpaired) electrons. The fraction of sp³-hybridized carbons (Fsp3) is 0.550. The second-order valence-electron chi connectivity index (χ2n) is 7.69. The van der Waals surface area contributed by atoms with Gasteiger partial charge < -0.3 is 15.0 Å². The van der Waals surface area contributed by atoms with Crippen LogP contribution in [0.4, 0.5) is 5.13 Å². The third kappa shape index (κ3) is 5.60. The number of carbonyl (C=O) groups excluding carboxylic acids is 1. The molecule has 1 N–H and O–H groups in total. The molecule has 2 aliphatic heterocycles. The van der Waals surface area contributed by atoms with Crippen molar-refractivity contribution in [3.8, 4) is 0 Å². The topological polar surface area (TPSA) is 105 Å². The second kappa shape index (κ2) is 10.5. The molecule has 0 spiro atoms. The van der Waals surface area contributed by atoms with E-state index >= 15 is 0 Å². The molecule has 2 aromatic rings. The van der Waals surface area contributed by atoms with E-state index in [2.05, 4.69) is 15.5 Å². The molecule has 2 aliphatic rings. The monoisotopic (exact) mass is 497 g/mol. The number of aromatic nitrogens is 2. The van der Waals surface area contributed by atoms with E-state index in [1.165, 1.54) is 27.4 Å². The molecule has 2 unspecified atom stereocenters. The largest absolute Gasteiger partial charge is 0.376 e. The maximum atomic E-state index is 12.9. The Morgan fingerprint density at radius 2 is 2.00 bits per heavy atom. The minimum atomic E-state index is -3.53. The average Bonchev–Trinajstić information content (AvgIpc) is 3.50. The molecule has 0 bridgehead atoms. The van der Waals surface area contributed by atoms with Crippen molar-refractivity contribution in [1.29, 1.82) is 0 Å². The summed E-state index contributed by atoms with van der Waals surface area (Å²) in [5.74, 6) is -0.0178. The predicted octanol–water partition coefficient (Wildman–Crippen LogP) is 2.14. The summed E-state index contributed by atoms with van der Waals surface area (Å²) >= 11 is 2.80. The predicted molar refractivity (Wildman–Crippen MR) is 124 cm³/mol. The van der Waals surface area contributed by atoms with E-state index in [0.717, 1.165) is 28.9 Å². The van der Waals surface area contributed by atoms with E-state index < -0.39 is 10.0 Å². The van der Waals surface area contributed by atoms with Crippen LogP contribution in [0.5, 0.6) is 0 Å². The molecule has 9 nitrogen and oxygen atoms in total. The molecule has 174 valence electrons. The van der Waals surface area contributed by atoms with Crippen LogP contribution in [0.25, 0.3) is 0 Å². The van der Waals surface area contributed by atoms with Crippen molar-refractivity contribution in [3.63, 3.8) is 0 Å². The molecule has 0 aliphatic carbocycles. The van der Waals surface area contributed by atoms with Crippen LogP contribution in [0.15, 0.2) is 39.6 Å². The van der Waals surface area contributed by atoms with Gasteiger partial charge in [0.25, 0.3) is 0 Å². The highest BCUT2D eigenvalue weighted by Crippen LogP contribution is 2.30. The zero-order valence-electron chi connectivity index (χ0n) is 17.8.